The smallest absolute Gasteiger partial charge is 0.325 e. The summed E-state index contributed by atoms with van der Waals surface area (Å²) >= 11 is 0. The number of amides is 1. The van der Waals surface area contributed by atoms with E-state index in [1.54, 1.807) is 0 Å². The lowest BCUT2D eigenvalue weighted by Crippen LogP contribution is -2.24. The number of nitrogens with zero attached hydrogens (tertiary/aromatic N) is 3. The van der Waals surface area contributed by atoms with Gasteiger partial charge in [0.25, 0.3) is 0 Å². The molecule has 1 aromatic rings. The van der Waals surface area contributed by atoms with Crippen LogP contribution in [-0.2, 0) is 22.7 Å². The summed E-state index contributed by atoms with van der Waals surface area (Å²) in [5.74, 6) is -1.05. The number of nitrogens with one attached hydrogen (secondary N) is 1. The molecular formula is C12H16N4O3. The predicted octanol–water partition coefficient (Wildman–Crippen LogP) is 0.479. The molecule has 102 valence electrons. The summed E-state index contributed by atoms with van der Waals surface area (Å²) in [6, 6.07) is 0. The highest BCUT2D eigenvalue weighted by Gasteiger charge is 2.17. The minimum Gasteiger partial charge on any atom is -0.480 e. The molecule has 1 heterocycles. The molecule has 2 N–H and O–H groups in total. The Balaban J connectivity index is 1.88. The van der Waals surface area contributed by atoms with Gasteiger partial charge in [-0.2, -0.15) is 0 Å². The van der Waals surface area contributed by atoms with Crippen molar-refractivity contribution in [3.05, 3.63) is 23.0 Å². The highest BCUT2D eigenvalue weighted by atomic mass is 16.4. The topological polar surface area (TPSA) is 97.1 Å². The van der Waals surface area contributed by atoms with Gasteiger partial charge in [0, 0.05) is 5.57 Å². The molecule has 0 aliphatic heterocycles. The van der Waals surface area contributed by atoms with Crippen molar-refractivity contribution < 1.29 is 14.7 Å². The van der Waals surface area contributed by atoms with Gasteiger partial charge in [-0.25, -0.2) is 4.68 Å². The van der Waals surface area contributed by atoms with E-state index in [-0.39, 0.29) is 19.0 Å². The maximum absolute atomic E-state index is 11.9. The van der Waals surface area contributed by atoms with E-state index in [9.17, 15) is 9.59 Å². The quantitative estimate of drug-likeness (QED) is 0.806. The summed E-state index contributed by atoms with van der Waals surface area (Å²) in [5.41, 5.74) is 2.55. The third-order valence-electron chi connectivity index (χ3n) is 3.08. The molecule has 7 heteroatoms. The predicted molar refractivity (Wildman–Crippen MR) is 66.1 cm³/mol. The summed E-state index contributed by atoms with van der Waals surface area (Å²) in [6.45, 7) is 2.01. The van der Waals surface area contributed by atoms with Gasteiger partial charge in [-0.1, -0.05) is 10.8 Å². The number of allylic oxidation sites excluding steroid dienone is 1. The summed E-state index contributed by atoms with van der Waals surface area (Å²) < 4.78 is 1.23. The maximum Gasteiger partial charge on any atom is 0.325 e. The van der Waals surface area contributed by atoms with E-state index in [1.807, 2.05) is 6.92 Å². The number of carboxylic acid groups (broad SMARTS) is 1. The molecule has 1 aliphatic rings. The molecule has 0 atom stereocenters. The Bertz CT molecular complexity index is 533. The molecule has 0 saturated heterocycles. The second kappa shape index (κ2) is 5.64. The fourth-order valence-electron chi connectivity index (χ4n) is 2.11. The molecule has 0 fully saturated rings. The fraction of sp³-hybridized carbons (Fsp3) is 0.500. The summed E-state index contributed by atoms with van der Waals surface area (Å²) in [4.78, 5) is 22.4. The van der Waals surface area contributed by atoms with Gasteiger partial charge in [0.1, 0.15) is 12.2 Å². The van der Waals surface area contributed by atoms with Crippen LogP contribution in [-0.4, -0.2) is 32.0 Å². The first-order valence-corrected chi connectivity index (χ1v) is 6.14. The molecular weight excluding hydrogens is 248 g/mol. The van der Waals surface area contributed by atoms with E-state index in [0.29, 0.717) is 5.69 Å². The number of carbonyl (C=O) groups is 2. The van der Waals surface area contributed by atoms with Crippen LogP contribution < -0.4 is 5.32 Å². The standard InChI is InChI=1S/C12H16N4O3/c1-8-3-2-4-10(8)12(19)13-5-9-6-16(15-14-9)7-11(17)18/h6H,2-5,7H2,1H3,(H,13,19)(H,17,18). The number of hydrogen-bond donors (Lipinski definition) is 2. The zero-order valence-corrected chi connectivity index (χ0v) is 10.7. The van der Waals surface area contributed by atoms with Crippen LogP contribution in [0.3, 0.4) is 0 Å². The lowest BCUT2D eigenvalue weighted by Gasteiger charge is -2.04. The van der Waals surface area contributed by atoms with Crippen LogP contribution in [0.15, 0.2) is 17.3 Å². The molecule has 0 radical (unpaired) electrons. The van der Waals surface area contributed by atoms with Crippen molar-refractivity contribution in [3.8, 4) is 0 Å². The molecule has 0 aromatic carbocycles. The zero-order valence-electron chi connectivity index (χ0n) is 10.7. The average Bonchev–Trinajstić information content (AvgIpc) is 2.94. The number of aliphatic carboxylic acids is 1. The van der Waals surface area contributed by atoms with E-state index in [1.165, 1.54) is 10.9 Å². The van der Waals surface area contributed by atoms with Crippen LogP contribution in [0.1, 0.15) is 31.9 Å². The van der Waals surface area contributed by atoms with Gasteiger partial charge >= 0.3 is 5.97 Å². The minimum absolute atomic E-state index is 0.0669. The number of hydrogen-bond acceptors (Lipinski definition) is 4. The molecule has 0 saturated carbocycles. The van der Waals surface area contributed by atoms with E-state index in [0.717, 1.165) is 30.4 Å². The molecule has 1 aliphatic carbocycles. The number of aromatic nitrogens is 3. The van der Waals surface area contributed by atoms with Crippen LogP contribution in [0.4, 0.5) is 0 Å². The van der Waals surface area contributed by atoms with Crippen molar-refractivity contribution in [1.82, 2.24) is 20.3 Å². The minimum atomic E-state index is -0.979. The summed E-state index contributed by atoms with van der Waals surface area (Å²) in [7, 11) is 0. The van der Waals surface area contributed by atoms with Crippen LogP contribution >= 0.6 is 0 Å². The van der Waals surface area contributed by atoms with Crippen molar-refractivity contribution in [2.24, 2.45) is 0 Å². The van der Waals surface area contributed by atoms with Gasteiger partial charge in [-0.05, 0) is 26.2 Å². The highest BCUT2D eigenvalue weighted by molar-refractivity contribution is 5.94. The van der Waals surface area contributed by atoms with Crippen molar-refractivity contribution in [3.63, 3.8) is 0 Å². The second-order valence-electron chi connectivity index (χ2n) is 4.60. The van der Waals surface area contributed by atoms with Crippen molar-refractivity contribution in [1.29, 1.82) is 0 Å². The molecule has 1 aromatic heterocycles. The lowest BCUT2D eigenvalue weighted by molar-refractivity contribution is -0.137. The van der Waals surface area contributed by atoms with Crippen LogP contribution in [0, 0.1) is 0 Å². The van der Waals surface area contributed by atoms with Crippen LogP contribution in [0.2, 0.25) is 0 Å². The fourth-order valence-corrected chi connectivity index (χ4v) is 2.11. The molecule has 7 nitrogen and oxygen atoms in total. The Labute approximate surface area is 110 Å². The molecule has 2 rings (SSSR count). The van der Waals surface area contributed by atoms with E-state index >= 15 is 0 Å². The number of rotatable bonds is 5. The van der Waals surface area contributed by atoms with Crippen molar-refractivity contribution in [2.75, 3.05) is 0 Å². The first-order valence-electron chi connectivity index (χ1n) is 6.14. The Hall–Kier alpha value is -2.18. The Kier molecular flexibility index (Phi) is 3.94. The molecule has 0 unspecified atom stereocenters. The SMILES string of the molecule is CC1=C(C(=O)NCc2cn(CC(=O)O)nn2)CCC1. The van der Waals surface area contributed by atoms with Gasteiger partial charge in [-0.3, -0.25) is 9.59 Å². The maximum atomic E-state index is 11.9. The van der Waals surface area contributed by atoms with E-state index in [4.69, 9.17) is 5.11 Å². The molecule has 19 heavy (non-hydrogen) atoms. The Morgan fingerprint density at radius 2 is 2.26 bits per heavy atom. The largest absolute Gasteiger partial charge is 0.480 e. The van der Waals surface area contributed by atoms with Crippen LogP contribution in [0.5, 0.6) is 0 Å². The zero-order chi connectivity index (χ0) is 13.8. The van der Waals surface area contributed by atoms with Crippen molar-refractivity contribution >= 4 is 11.9 Å². The molecule has 0 spiro atoms. The second-order valence-corrected chi connectivity index (χ2v) is 4.60. The van der Waals surface area contributed by atoms with E-state index < -0.39 is 5.97 Å². The monoisotopic (exact) mass is 264 g/mol. The van der Waals surface area contributed by atoms with Gasteiger partial charge in [-0.15, -0.1) is 5.10 Å². The first kappa shape index (κ1) is 13.3. The highest BCUT2D eigenvalue weighted by Crippen LogP contribution is 2.25. The lowest BCUT2D eigenvalue weighted by atomic mass is 10.1. The molecule has 0 bridgehead atoms. The Morgan fingerprint density at radius 1 is 1.47 bits per heavy atom. The summed E-state index contributed by atoms with van der Waals surface area (Å²) in [5, 5.41) is 18.9. The van der Waals surface area contributed by atoms with Gasteiger partial charge < -0.3 is 10.4 Å². The molecule has 1 amide bonds. The van der Waals surface area contributed by atoms with E-state index in [2.05, 4.69) is 15.6 Å². The first-order chi connectivity index (χ1) is 9.06. The third kappa shape index (κ3) is 3.40. The average molecular weight is 264 g/mol. The van der Waals surface area contributed by atoms with Gasteiger partial charge in [0.05, 0.1) is 12.7 Å². The normalized spacial score (nSPS) is 14.8. The van der Waals surface area contributed by atoms with Gasteiger partial charge in [0.15, 0.2) is 0 Å². The van der Waals surface area contributed by atoms with Gasteiger partial charge in [0.2, 0.25) is 5.91 Å². The van der Waals surface area contributed by atoms with Crippen LogP contribution in [0.25, 0.3) is 0 Å². The van der Waals surface area contributed by atoms with Crippen molar-refractivity contribution in [2.45, 2.75) is 39.3 Å². The summed E-state index contributed by atoms with van der Waals surface area (Å²) in [6.07, 6.45) is 4.36. The Morgan fingerprint density at radius 3 is 2.89 bits per heavy atom. The third-order valence-corrected chi connectivity index (χ3v) is 3.08. The number of carbonyl (C=O) groups excluding carboxylic acids is 1. The number of carboxylic acids is 1.